The van der Waals surface area contributed by atoms with E-state index in [-0.39, 0.29) is 23.0 Å². The summed E-state index contributed by atoms with van der Waals surface area (Å²) in [5.74, 6) is 0.135. The third-order valence-electron chi connectivity index (χ3n) is 6.85. The summed E-state index contributed by atoms with van der Waals surface area (Å²) in [4.78, 5) is 28.6. The first-order valence-corrected chi connectivity index (χ1v) is 12.0. The van der Waals surface area contributed by atoms with Crippen molar-refractivity contribution in [1.82, 2.24) is 0 Å². The van der Waals surface area contributed by atoms with E-state index in [1.165, 1.54) is 0 Å². The maximum Gasteiger partial charge on any atom is 0.193 e. The monoisotopic (exact) mass is 465 g/mol. The van der Waals surface area contributed by atoms with Gasteiger partial charge in [0.25, 0.3) is 0 Å². The zero-order valence-corrected chi connectivity index (χ0v) is 20.7. The van der Waals surface area contributed by atoms with E-state index in [4.69, 9.17) is 0 Å². The number of hydrogen-bond donors (Lipinski definition) is 2. The maximum absolute atomic E-state index is 13.5. The molecule has 2 aliphatic rings. The van der Waals surface area contributed by atoms with E-state index in [0.717, 1.165) is 40.3 Å². The quantitative estimate of drug-likeness (QED) is 0.449. The summed E-state index contributed by atoms with van der Waals surface area (Å²) in [5.41, 5.74) is 6.68. The third kappa shape index (κ3) is 4.46. The number of rotatable bonds is 4. The van der Waals surface area contributed by atoms with Crippen LogP contribution in [0.15, 0.2) is 84.1 Å². The first kappa shape index (κ1) is 22.9. The van der Waals surface area contributed by atoms with Crippen molar-refractivity contribution in [1.29, 1.82) is 0 Å². The van der Waals surface area contributed by atoms with Gasteiger partial charge in [0.15, 0.2) is 11.6 Å². The van der Waals surface area contributed by atoms with Gasteiger partial charge >= 0.3 is 0 Å². The van der Waals surface area contributed by atoms with E-state index in [9.17, 15) is 9.59 Å². The summed E-state index contributed by atoms with van der Waals surface area (Å²) < 4.78 is 0. The molecule has 35 heavy (non-hydrogen) atoms. The Morgan fingerprint density at radius 3 is 2.29 bits per heavy atom. The van der Waals surface area contributed by atoms with Gasteiger partial charge < -0.3 is 15.5 Å². The average Bonchev–Trinajstić information content (AvgIpc) is 2.99. The molecule has 178 valence electrons. The van der Waals surface area contributed by atoms with E-state index in [2.05, 4.69) is 53.6 Å². The number of ketones is 2. The molecule has 0 unspecified atom stereocenters. The van der Waals surface area contributed by atoms with Crippen LogP contribution in [0.5, 0.6) is 0 Å². The van der Waals surface area contributed by atoms with E-state index >= 15 is 0 Å². The third-order valence-corrected chi connectivity index (χ3v) is 6.85. The Hall–Kier alpha value is -3.86. The number of allylic oxidation sites excluding steroid dienone is 1. The molecule has 1 atom stereocenters. The smallest absolute Gasteiger partial charge is 0.193 e. The molecule has 5 heteroatoms. The molecule has 0 spiro atoms. The Kier molecular flexibility index (Phi) is 5.72. The van der Waals surface area contributed by atoms with Crippen LogP contribution in [-0.2, 0) is 4.79 Å². The highest BCUT2D eigenvalue weighted by Crippen LogP contribution is 2.45. The van der Waals surface area contributed by atoms with Crippen LogP contribution in [0, 0.1) is 5.41 Å². The fourth-order valence-corrected chi connectivity index (χ4v) is 5.06. The van der Waals surface area contributed by atoms with E-state index in [0.29, 0.717) is 17.5 Å². The van der Waals surface area contributed by atoms with Crippen molar-refractivity contribution in [2.75, 3.05) is 29.6 Å². The van der Waals surface area contributed by atoms with Gasteiger partial charge in [-0.3, -0.25) is 9.59 Å². The number of benzene rings is 3. The minimum Gasteiger partial charge on any atom is -0.378 e. The molecule has 1 aliphatic heterocycles. The van der Waals surface area contributed by atoms with E-state index in [1.807, 2.05) is 62.6 Å². The SMILES string of the molecule is CN(C)c1ccc([C@@H]2Nc3ccc(C(=O)c4ccccc4)cc3NC3=C2C(=O)CC(C)(C)C3)cc1. The minimum atomic E-state index is -0.269. The first-order valence-electron chi connectivity index (χ1n) is 12.0. The normalized spacial score (nSPS) is 18.5. The predicted molar refractivity (Wildman–Crippen MR) is 142 cm³/mol. The second kappa shape index (κ2) is 8.73. The topological polar surface area (TPSA) is 61.4 Å². The number of anilines is 3. The molecule has 5 nitrogen and oxygen atoms in total. The van der Waals surface area contributed by atoms with Gasteiger partial charge in [-0.05, 0) is 47.7 Å². The Balaban J connectivity index is 1.59. The highest BCUT2D eigenvalue weighted by Gasteiger charge is 2.38. The first-order chi connectivity index (χ1) is 16.7. The van der Waals surface area contributed by atoms with Gasteiger partial charge in [0, 0.05) is 48.6 Å². The summed E-state index contributed by atoms with van der Waals surface area (Å²) in [7, 11) is 4.03. The Bertz CT molecular complexity index is 1320. The zero-order chi connectivity index (χ0) is 24.7. The van der Waals surface area contributed by atoms with Crippen molar-refractivity contribution in [3.05, 3.63) is 101 Å². The van der Waals surface area contributed by atoms with Crippen molar-refractivity contribution in [3.8, 4) is 0 Å². The van der Waals surface area contributed by atoms with Gasteiger partial charge in [0.2, 0.25) is 0 Å². The van der Waals surface area contributed by atoms with Crippen LogP contribution in [0.1, 0.15) is 54.2 Å². The lowest BCUT2D eigenvalue weighted by atomic mass is 9.73. The van der Waals surface area contributed by atoms with Crippen molar-refractivity contribution >= 4 is 28.6 Å². The summed E-state index contributed by atoms with van der Waals surface area (Å²) in [6, 6.07) is 23.0. The average molecular weight is 466 g/mol. The molecular formula is C30H31N3O2. The number of fused-ring (bicyclic) bond motifs is 1. The molecule has 0 saturated carbocycles. The van der Waals surface area contributed by atoms with Gasteiger partial charge in [-0.25, -0.2) is 0 Å². The van der Waals surface area contributed by atoms with Gasteiger partial charge in [-0.1, -0.05) is 56.3 Å². The second-order valence-electron chi connectivity index (χ2n) is 10.5. The summed E-state index contributed by atoms with van der Waals surface area (Å²) in [6.07, 6.45) is 1.27. The van der Waals surface area contributed by atoms with E-state index < -0.39 is 0 Å². The molecule has 1 aliphatic carbocycles. The van der Waals surface area contributed by atoms with Gasteiger partial charge in [-0.2, -0.15) is 0 Å². The molecule has 0 amide bonds. The molecule has 0 radical (unpaired) electrons. The summed E-state index contributed by atoms with van der Waals surface area (Å²) in [5, 5.41) is 7.18. The highest BCUT2D eigenvalue weighted by molar-refractivity contribution is 6.10. The van der Waals surface area contributed by atoms with Crippen LogP contribution in [0.2, 0.25) is 0 Å². The Morgan fingerprint density at radius 2 is 1.60 bits per heavy atom. The van der Waals surface area contributed by atoms with Crippen LogP contribution in [0.3, 0.4) is 0 Å². The maximum atomic E-state index is 13.5. The zero-order valence-electron chi connectivity index (χ0n) is 20.7. The standard InChI is InChI=1S/C30H31N3O2/c1-30(2)17-25-27(26(34)18-30)28(19-10-13-22(14-11-19)33(3)4)32-23-15-12-21(16-24(23)31-25)29(35)20-8-6-5-7-9-20/h5-16,28,31-32H,17-18H2,1-4H3/t28-/m0/s1. The lowest BCUT2D eigenvalue weighted by Gasteiger charge is -2.34. The number of carbonyl (C=O) groups is 2. The van der Waals surface area contributed by atoms with Crippen LogP contribution in [0.25, 0.3) is 0 Å². The summed E-state index contributed by atoms with van der Waals surface area (Å²) in [6.45, 7) is 4.26. The molecule has 0 saturated heterocycles. The molecule has 0 aromatic heterocycles. The number of hydrogen-bond acceptors (Lipinski definition) is 5. The second-order valence-corrected chi connectivity index (χ2v) is 10.5. The molecule has 0 bridgehead atoms. The van der Waals surface area contributed by atoms with Gasteiger partial charge in [0.1, 0.15) is 0 Å². The van der Waals surface area contributed by atoms with Crippen molar-refractivity contribution in [2.45, 2.75) is 32.7 Å². The van der Waals surface area contributed by atoms with Gasteiger partial charge in [-0.15, -0.1) is 0 Å². The van der Waals surface area contributed by atoms with Crippen molar-refractivity contribution < 1.29 is 9.59 Å². The molecule has 2 N–H and O–H groups in total. The molecule has 3 aromatic carbocycles. The van der Waals surface area contributed by atoms with Crippen molar-refractivity contribution in [3.63, 3.8) is 0 Å². The molecule has 3 aromatic rings. The number of carbonyl (C=O) groups excluding carboxylic acids is 2. The summed E-state index contributed by atoms with van der Waals surface area (Å²) >= 11 is 0. The number of Topliss-reactive ketones (excluding diaryl/α,β-unsaturated/α-hetero) is 1. The Morgan fingerprint density at radius 1 is 0.886 bits per heavy atom. The fourth-order valence-electron chi connectivity index (χ4n) is 5.06. The van der Waals surface area contributed by atoms with Gasteiger partial charge in [0.05, 0.1) is 17.4 Å². The Labute approximate surface area is 206 Å². The van der Waals surface area contributed by atoms with Crippen LogP contribution >= 0.6 is 0 Å². The molecule has 5 rings (SSSR count). The molecular weight excluding hydrogens is 434 g/mol. The van der Waals surface area contributed by atoms with Crippen LogP contribution < -0.4 is 15.5 Å². The number of nitrogens with one attached hydrogen (secondary N) is 2. The minimum absolute atomic E-state index is 0.0236. The lowest BCUT2D eigenvalue weighted by Crippen LogP contribution is -2.31. The molecule has 1 heterocycles. The highest BCUT2D eigenvalue weighted by atomic mass is 16.1. The van der Waals surface area contributed by atoms with Crippen LogP contribution in [-0.4, -0.2) is 25.7 Å². The largest absolute Gasteiger partial charge is 0.378 e. The predicted octanol–water partition coefficient (Wildman–Crippen LogP) is 6.21. The van der Waals surface area contributed by atoms with Crippen molar-refractivity contribution in [2.24, 2.45) is 5.41 Å². The van der Waals surface area contributed by atoms with Crippen LogP contribution in [0.4, 0.5) is 17.1 Å². The fraction of sp³-hybridized carbons (Fsp3) is 0.267. The lowest BCUT2D eigenvalue weighted by molar-refractivity contribution is -0.118. The number of nitrogens with zero attached hydrogens (tertiary/aromatic N) is 1. The van der Waals surface area contributed by atoms with E-state index in [1.54, 1.807) is 0 Å². The molecule has 0 fully saturated rings.